The zero-order valence-corrected chi connectivity index (χ0v) is 9.85. The normalized spacial score (nSPS) is 17.3. The summed E-state index contributed by atoms with van der Waals surface area (Å²) < 4.78 is 10.4. The molecule has 0 atom stereocenters. The highest BCUT2D eigenvalue weighted by atomic mass is 16.7. The van der Waals surface area contributed by atoms with E-state index >= 15 is 0 Å². The van der Waals surface area contributed by atoms with Crippen molar-refractivity contribution in [2.24, 2.45) is 5.92 Å². The van der Waals surface area contributed by atoms with Gasteiger partial charge in [0, 0.05) is 12.6 Å². The fourth-order valence-corrected chi connectivity index (χ4v) is 2.18. The number of hydrogen-bond donors (Lipinski definition) is 1. The van der Waals surface area contributed by atoms with Gasteiger partial charge < -0.3 is 14.8 Å². The van der Waals surface area contributed by atoms with Crippen LogP contribution in [-0.2, 0) is 0 Å². The van der Waals surface area contributed by atoms with Gasteiger partial charge in [-0.05, 0) is 18.8 Å². The minimum Gasteiger partial charge on any atom is -0.454 e. The Balaban J connectivity index is 1.83. The molecule has 0 saturated heterocycles. The van der Waals surface area contributed by atoms with Crippen molar-refractivity contribution in [2.75, 3.05) is 18.7 Å². The van der Waals surface area contributed by atoms with Crippen molar-refractivity contribution in [2.45, 2.75) is 19.3 Å². The fourth-order valence-electron chi connectivity index (χ4n) is 2.18. The fraction of sp³-hybridized carbons (Fsp3) is 0.500. The van der Waals surface area contributed by atoms with Gasteiger partial charge in [0.25, 0.3) is 5.69 Å². The van der Waals surface area contributed by atoms with E-state index in [1.165, 1.54) is 25.3 Å². The third-order valence-electron chi connectivity index (χ3n) is 3.49. The average Bonchev–Trinajstić information content (AvgIpc) is 2.72. The molecule has 0 unspecified atom stereocenters. The maximum absolute atomic E-state index is 11.0. The number of nitro groups is 1. The van der Waals surface area contributed by atoms with Crippen molar-refractivity contribution < 1.29 is 14.4 Å². The van der Waals surface area contributed by atoms with Crippen LogP contribution in [0.3, 0.4) is 0 Å². The first-order valence-corrected chi connectivity index (χ1v) is 6.06. The first-order chi connectivity index (χ1) is 8.74. The third-order valence-corrected chi connectivity index (χ3v) is 3.49. The van der Waals surface area contributed by atoms with Gasteiger partial charge >= 0.3 is 0 Å². The van der Waals surface area contributed by atoms with E-state index in [1.54, 1.807) is 6.07 Å². The maximum atomic E-state index is 11.0. The Kier molecular flexibility index (Phi) is 2.70. The summed E-state index contributed by atoms with van der Waals surface area (Å²) in [6.45, 7) is 0.902. The van der Waals surface area contributed by atoms with E-state index in [1.807, 2.05) is 0 Å². The first kappa shape index (κ1) is 11.1. The standard InChI is InChI=1S/C12H14N2O4/c15-14(16)10-5-12-11(17-7-18-12)4-9(10)13-6-8-2-1-3-8/h4-5,8,13H,1-3,6-7H2. The van der Waals surface area contributed by atoms with Gasteiger partial charge in [0.05, 0.1) is 11.0 Å². The lowest BCUT2D eigenvalue weighted by molar-refractivity contribution is -0.384. The topological polar surface area (TPSA) is 73.6 Å². The molecular formula is C12H14N2O4. The molecule has 0 bridgehead atoms. The number of nitrogens with zero attached hydrogens (tertiary/aromatic N) is 1. The molecule has 0 aromatic heterocycles. The molecule has 96 valence electrons. The second kappa shape index (κ2) is 4.36. The van der Waals surface area contributed by atoms with Gasteiger partial charge in [0.2, 0.25) is 6.79 Å². The largest absolute Gasteiger partial charge is 0.454 e. The molecule has 2 aliphatic rings. The summed E-state index contributed by atoms with van der Waals surface area (Å²) in [5, 5.41) is 14.2. The molecule has 0 spiro atoms. The molecule has 1 heterocycles. The lowest BCUT2D eigenvalue weighted by Gasteiger charge is -2.25. The van der Waals surface area contributed by atoms with Gasteiger partial charge in [-0.1, -0.05) is 6.42 Å². The smallest absolute Gasteiger partial charge is 0.296 e. The van der Waals surface area contributed by atoms with E-state index in [0.717, 1.165) is 6.54 Å². The molecule has 1 aromatic rings. The Labute approximate surface area is 104 Å². The van der Waals surface area contributed by atoms with Crippen LogP contribution in [0.1, 0.15) is 19.3 Å². The zero-order chi connectivity index (χ0) is 12.5. The summed E-state index contributed by atoms with van der Waals surface area (Å²) in [6, 6.07) is 3.07. The van der Waals surface area contributed by atoms with Crippen LogP contribution < -0.4 is 14.8 Å². The number of nitro benzene ring substituents is 1. The minimum absolute atomic E-state index is 0.0403. The third kappa shape index (κ3) is 1.94. The highest BCUT2D eigenvalue weighted by molar-refractivity contribution is 5.69. The van der Waals surface area contributed by atoms with Gasteiger partial charge in [0.15, 0.2) is 11.5 Å². The van der Waals surface area contributed by atoms with Crippen LogP contribution in [0.25, 0.3) is 0 Å². The van der Waals surface area contributed by atoms with E-state index in [9.17, 15) is 10.1 Å². The van der Waals surface area contributed by atoms with Gasteiger partial charge in [-0.15, -0.1) is 0 Å². The molecule has 1 aliphatic heterocycles. The van der Waals surface area contributed by atoms with E-state index in [-0.39, 0.29) is 12.5 Å². The maximum Gasteiger partial charge on any atom is 0.296 e. The Morgan fingerprint density at radius 1 is 1.33 bits per heavy atom. The molecule has 6 heteroatoms. The molecule has 0 amide bonds. The molecule has 6 nitrogen and oxygen atoms in total. The van der Waals surface area contributed by atoms with Gasteiger partial charge in [0.1, 0.15) is 5.69 Å². The molecule has 1 aliphatic carbocycles. The second-order valence-corrected chi connectivity index (χ2v) is 4.66. The number of hydrogen-bond acceptors (Lipinski definition) is 5. The molecule has 18 heavy (non-hydrogen) atoms. The van der Waals surface area contributed by atoms with Crippen molar-refractivity contribution in [3.05, 3.63) is 22.2 Å². The zero-order valence-electron chi connectivity index (χ0n) is 9.85. The van der Waals surface area contributed by atoms with Crippen molar-refractivity contribution in [3.63, 3.8) is 0 Å². The van der Waals surface area contributed by atoms with E-state index in [4.69, 9.17) is 9.47 Å². The van der Waals surface area contributed by atoms with Crippen LogP contribution >= 0.6 is 0 Å². The van der Waals surface area contributed by atoms with E-state index < -0.39 is 4.92 Å². The van der Waals surface area contributed by atoms with Crippen LogP contribution in [0, 0.1) is 16.0 Å². The number of ether oxygens (including phenoxy) is 2. The predicted molar refractivity (Wildman–Crippen MR) is 65.1 cm³/mol. The summed E-state index contributed by atoms with van der Waals surface area (Å²) in [5.41, 5.74) is 0.551. The van der Waals surface area contributed by atoms with E-state index in [0.29, 0.717) is 23.1 Å². The Hall–Kier alpha value is -1.98. The average molecular weight is 250 g/mol. The van der Waals surface area contributed by atoms with Crippen LogP contribution in [0.2, 0.25) is 0 Å². The van der Waals surface area contributed by atoms with Gasteiger partial charge in [-0.3, -0.25) is 10.1 Å². The van der Waals surface area contributed by atoms with Gasteiger partial charge in [-0.25, -0.2) is 0 Å². The number of fused-ring (bicyclic) bond motifs is 1. The Bertz CT molecular complexity index is 485. The Morgan fingerprint density at radius 3 is 2.67 bits per heavy atom. The molecule has 0 radical (unpaired) electrons. The predicted octanol–water partition coefficient (Wildman–Crippen LogP) is 2.54. The second-order valence-electron chi connectivity index (χ2n) is 4.66. The number of benzene rings is 1. The number of nitrogens with one attached hydrogen (secondary N) is 1. The summed E-state index contributed by atoms with van der Waals surface area (Å²) in [5.74, 6) is 1.64. The highest BCUT2D eigenvalue weighted by Gasteiger charge is 2.24. The highest BCUT2D eigenvalue weighted by Crippen LogP contribution is 2.40. The lowest BCUT2D eigenvalue weighted by atomic mass is 9.85. The summed E-state index contributed by atoms with van der Waals surface area (Å²) in [6.07, 6.45) is 3.66. The van der Waals surface area contributed by atoms with Crippen molar-refractivity contribution in [3.8, 4) is 11.5 Å². The van der Waals surface area contributed by atoms with E-state index in [2.05, 4.69) is 5.32 Å². The van der Waals surface area contributed by atoms with Crippen LogP contribution in [0.5, 0.6) is 11.5 Å². The van der Waals surface area contributed by atoms with Crippen molar-refractivity contribution in [1.29, 1.82) is 0 Å². The van der Waals surface area contributed by atoms with Crippen LogP contribution in [0.4, 0.5) is 11.4 Å². The summed E-state index contributed by atoms with van der Waals surface area (Å²) in [7, 11) is 0. The SMILES string of the molecule is O=[N+]([O-])c1cc2c(cc1NCC1CCC1)OCO2. The molecule has 1 fully saturated rings. The van der Waals surface area contributed by atoms with Crippen molar-refractivity contribution >= 4 is 11.4 Å². The molecule has 1 saturated carbocycles. The minimum atomic E-state index is -0.398. The number of anilines is 1. The number of rotatable bonds is 4. The van der Waals surface area contributed by atoms with Crippen LogP contribution in [-0.4, -0.2) is 18.3 Å². The first-order valence-electron chi connectivity index (χ1n) is 6.06. The lowest BCUT2D eigenvalue weighted by Crippen LogP contribution is -2.21. The molecular weight excluding hydrogens is 236 g/mol. The van der Waals surface area contributed by atoms with Gasteiger partial charge in [-0.2, -0.15) is 0 Å². The molecule has 3 rings (SSSR count). The molecule has 1 aromatic carbocycles. The quantitative estimate of drug-likeness (QED) is 0.656. The molecule has 1 N–H and O–H groups in total. The van der Waals surface area contributed by atoms with Crippen molar-refractivity contribution in [1.82, 2.24) is 0 Å². The van der Waals surface area contributed by atoms with Crippen LogP contribution in [0.15, 0.2) is 12.1 Å². The Morgan fingerprint density at radius 2 is 2.06 bits per heavy atom. The summed E-state index contributed by atoms with van der Waals surface area (Å²) >= 11 is 0. The monoisotopic (exact) mass is 250 g/mol. The summed E-state index contributed by atoms with van der Waals surface area (Å²) in [4.78, 5) is 10.6.